The van der Waals surface area contributed by atoms with Crippen molar-refractivity contribution in [2.24, 2.45) is 0 Å². The summed E-state index contributed by atoms with van der Waals surface area (Å²) in [6.07, 6.45) is 2.20. The van der Waals surface area contributed by atoms with Gasteiger partial charge in [0.25, 0.3) is 5.91 Å². The largest absolute Gasteiger partial charge is 0.489 e. The van der Waals surface area contributed by atoms with Gasteiger partial charge in [0, 0.05) is 37.8 Å². The van der Waals surface area contributed by atoms with Crippen LogP contribution in [0.4, 0.5) is 0 Å². The van der Waals surface area contributed by atoms with Crippen molar-refractivity contribution in [2.45, 2.75) is 19.1 Å². The van der Waals surface area contributed by atoms with E-state index in [9.17, 15) is 13.2 Å². The zero-order valence-electron chi connectivity index (χ0n) is 15.6. The van der Waals surface area contributed by atoms with E-state index in [1.165, 1.54) is 6.26 Å². The Morgan fingerprint density at radius 1 is 1.11 bits per heavy atom. The molecule has 0 radical (unpaired) electrons. The molecular formula is C20H24N2O5S. The minimum atomic E-state index is -2.90. The maximum absolute atomic E-state index is 12.9. The SMILES string of the molecule is O=C(c1occc1COc1ccccc1)N1CCN(C2CCS(=O)(=O)C2)CC1. The number of nitrogens with zero attached hydrogens (tertiary/aromatic N) is 2. The Kier molecular flexibility index (Phi) is 5.41. The summed E-state index contributed by atoms with van der Waals surface area (Å²) in [5, 5.41) is 0. The van der Waals surface area contributed by atoms with E-state index in [0.717, 1.165) is 11.3 Å². The average Bonchev–Trinajstić information content (AvgIpc) is 3.33. The van der Waals surface area contributed by atoms with Gasteiger partial charge in [-0.1, -0.05) is 18.2 Å². The van der Waals surface area contributed by atoms with E-state index in [1.807, 2.05) is 30.3 Å². The van der Waals surface area contributed by atoms with E-state index >= 15 is 0 Å². The summed E-state index contributed by atoms with van der Waals surface area (Å²) in [4.78, 5) is 16.8. The van der Waals surface area contributed by atoms with Gasteiger partial charge in [-0.2, -0.15) is 0 Å². The average molecular weight is 404 g/mol. The lowest BCUT2D eigenvalue weighted by atomic mass is 10.1. The van der Waals surface area contributed by atoms with Crippen molar-refractivity contribution >= 4 is 15.7 Å². The van der Waals surface area contributed by atoms with E-state index in [-0.39, 0.29) is 30.1 Å². The third-order valence-electron chi connectivity index (χ3n) is 5.40. The number of carbonyl (C=O) groups is 1. The third-order valence-corrected chi connectivity index (χ3v) is 7.16. The molecule has 0 N–H and O–H groups in total. The summed E-state index contributed by atoms with van der Waals surface area (Å²) in [6.45, 7) is 2.76. The molecule has 8 heteroatoms. The van der Waals surface area contributed by atoms with Crippen LogP contribution in [-0.4, -0.2) is 67.9 Å². The quantitative estimate of drug-likeness (QED) is 0.756. The van der Waals surface area contributed by atoms with Gasteiger partial charge in [-0.25, -0.2) is 8.42 Å². The molecule has 1 atom stereocenters. The predicted molar refractivity (Wildman–Crippen MR) is 104 cm³/mol. The summed E-state index contributed by atoms with van der Waals surface area (Å²) >= 11 is 0. The van der Waals surface area contributed by atoms with Crippen molar-refractivity contribution in [3.8, 4) is 5.75 Å². The van der Waals surface area contributed by atoms with Gasteiger partial charge < -0.3 is 14.1 Å². The van der Waals surface area contributed by atoms with Crippen molar-refractivity contribution in [2.75, 3.05) is 37.7 Å². The van der Waals surface area contributed by atoms with Crippen LogP contribution in [0.15, 0.2) is 47.1 Å². The number of benzene rings is 1. The number of rotatable bonds is 5. The molecule has 150 valence electrons. The second-order valence-electron chi connectivity index (χ2n) is 7.26. The second kappa shape index (κ2) is 7.97. The Bertz CT molecular complexity index is 917. The van der Waals surface area contributed by atoms with Crippen LogP contribution in [0, 0.1) is 0 Å². The third kappa shape index (κ3) is 4.23. The lowest BCUT2D eigenvalue weighted by molar-refractivity contribution is 0.0555. The molecule has 0 saturated carbocycles. The number of carbonyl (C=O) groups excluding carboxylic acids is 1. The maximum Gasteiger partial charge on any atom is 0.290 e. The number of amides is 1. The van der Waals surface area contributed by atoms with E-state index in [0.29, 0.717) is 38.4 Å². The number of piperazine rings is 1. The number of para-hydroxylation sites is 1. The summed E-state index contributed by atoms with van der Waals surface area (Å²) < 4.78 is 34.6. The number of ether oxygens (including phenoxy) is 1. The molecule has 0 aliphatic carbocycles. The lowest BCUT2D eigenvalue weighted by Gasteiger charge is -2.37. The van der Waals surface area contributed by atoms with Crippen LogP contribution in [0.2, 0.25) is 0 Å². The van der Waals surface area contributed by atoms with E-state index in [1.54, 1.807) is 11.0 Å². The second-order valence-corrected chi connectivity index (χ2v) is 9.49. The standard InChI is InChI=1S/C20H24N2O5S/c23-20(19-16(6-12-26-19)14-27-18-4-2-1-3-5-18)22-10-8-21(9-11-22)17-7-13-28(24,25)15-17/h1-6,12,17H,7-11,13-15H2. The van der Waals surface area contributed by atoms with E-state index < -0.39 is 9.84 Å². The fourth-order valence-electron chi connectivity index (χ4n) is 3.81. The minimum absolute atomic E-state index is 0.0840. The number of hydrogen-bond donors (Lipinski definition) is 0. The molecule has 1 amide bonds. The predicted octanol–water partition coefficient (Wildman–Crippen LogP) is 1.80. The fraction of sp³-hybridized carbons (Fsp3) is 0.450. The molecule has 2 saturated heterocycles. The van der Waals surface area contributed by atoms with Crippen molar-refractivity contribution in [1.29, 1.82) is 0 Å². The Hall–Kier alpha value is -2.32. The summed E-state index contributed by atoms with van der Waals surface area (Å²) in [5.41, 5.74) is 0.721. The molecule has 0 bridgehead atoms. The zero-order chi connectivity index (χ0) is 19.6. The molecule has 3 heterocycles. The molecule has 2 fully saturated rings. The number of sulfone groups is 1. The van der Waals surface area contributed by atoms with Crippen LogP contribution in [0.3, 0.4) is 0 Å². The molecule has 1 aromatic heterocycles. The molecule has 28 heavy (non-hydrogen) atoms. The molecule has 1 aromatic carbocycles. The first kappa shape index (κ1) is 19.0. The number of hydrogen-bond acceptors (Lipinski definition) is 6. The normalized spacial score (nSPS) is 22.3. The van der Waals surface area contributed by atoms with E-state index in [2.05, 4.69) is 4.90 Å². The Morgan fingerprint density at radius 2 is 1.86 bits per heavy atom. The van der Waals surface area contributed by atoms with Crippen LogP contribution in [0.25, 0.3) is 0 Å². The van der Waals surface area contributed by atoms with Crippen LogP contribution < -0.4 is 4.74 Å². The molecule has 1 unspecified atom stereocenters. The molecule has 0 spiro atoms. The Morgan fingerprint density at radius 3 is 2.54 bits per heavy atom. The summed E-state index contributed by atoms with van der Waals surface area (Å²) in [7, 11) is -2.90. The highest BCUT2D eigenvalue weighted by Crippen LogP contribution is 2.21. The lowest BCUT2D eigenvalue weighted by Crippen LogP contribution is -2.52. The highest BCUT2D eigenvalue weighted by molar-refractivity contribution is 7.91. The Balaban J connectivity index is 1.34. The van der Waals surface area contributed by atoms with Crippen molar-refractivity contribution in [3.05, 3.63) is 54.0 Å². The Labute approximate surface area is 164 Å². The fourth-order valence-corrected chi connectivity index (χ4v) is 5.57. The first-order chi connectivity index (χ1) is 13.5. The summed E-state index contributed by atoms with van der Waals surface area (Å²) in [6, 6.07) is 11.3. The van der Waals surface area contributed by atoms with E-state index in [4.69, 9.17) is 9.15 Å². The van der Waals surface area contributed by atoms with Crippen molar-refractivity contribution in [1.82, 2.24) is 9.80 Å². The maximum atomic E-state index is 12.9. The van der Waals surface area contributed by atoms with Crippen LogP contribution in [-0.2, 0) is 16.4 Å². The molecule has 2 aliphatic rings. The molecule has 4 rings (SSSR count). The van der Waals surface area contributed by atoms with Gasteiger partial charge in [-0.3, -0.25) is 9.69 Å². The highest BCUT2D eigenvalue weighted by atomic mass is 32.2. The van der Waals surface area contributed by atoms with Crippen LogP contribution in [0.1, 0.15) is 22.5 Å². The molecular weight excluding hydrogens is 380 g/mol. The van der Waals surface area contributed by atoms with Gasteiger partial charge in [-0.05, 0) is 24.6 Å². The van der Waals surface area contributed by atoms with Gasteiger partial charge in [0.05, 0.1) is 17.8 Å². The highest BCUT2D eigenvalue weighted by Gasteiger charge is 2.35. The zero-order valence-corrected chi connectivity index (χ0v) is 16.4. The minimum Gasteiger partial charge on any atom is -0.489 e. The summed E-state index contributed by atoms with van der Waals surface area (Å²) in [5.74, 6) is 1.42. The number of furan rings is 1. The first-order valence-corrected chi connectivity index (χ1v) is 11.3. The van der Waals surface area contributed by atoms with Gasteiger partial charge in [0.15, 0.2) is 15.6 Å². The molecule has 2 aliphatic heterocycles. The van der Waals surface area contributed by atoms with Crippen molar-refractivity contribution < 1.29 is 22.4 Å². The van der Waals surface area contributed by atoms with Crippen molar-refractivity contribution in [3.63, 3.8) is 0 Å². The topological polar surface area (TPSA) is 80.1 Å². The van der Waals surface area contributed by atoms with Gasteiger partial charge in [-0.15, -0.1) is 0 Å². The molecule has 2 aromatic rings. The van der Waals surface area contributed by atoms with Gasteiger partial charge >= 0.3 is 0 Å². The van der Waals surface area contributed by atoms with Crippen LogP contribution >= 0.6 is 0 Å². The molecule has 7 nitrogen and oxygen atoms in total. The smallest absolute Gasteiger partial charge is 0.290 e. The van der Waals surface area contributed by atoms with Crippen LogP contribution in [0.5, 0.6) is 5.75 Å². The van der Waals surface area contributed by atoms with Gasteiger partial charge in [0.2, 0.25) is 0 Å². The van der Waals surface area contributed by atoms with Gasteiger partial charge in [0.1, 0.15) is 12.4 Å². The first-order valence-electron chi connectivity index (χ1n) is 9.50. The monoisotopic (exact) mass is 404 g/mol.